The summed E-state index contributed by atoms with van der Waals surface area (Å²) in [6, 6.07) is 8.83. The van der Waals surface area contributed by atoms with Crippen molar-refractivity contribution in [2.24, 2.45) is 0 Å². The number of thiophene rings is 1. The van der Waals surface area contributed by atoms with Gasteiger partial charge >= 0.3 is 0 Å². The van der Waals surface area contributed by atoms with Gasteiger partial charge in [0.25, 0.3) is 0 Å². The van der Waals surface area contributed by atoms with E-state index in [4.69, 9.17) is 11.6 Å². The minimum atomic E-state index is -0.323. The van der Waals surface area contributed by atoms with Crippen molar-refractivity contribution < 1.29 is 4.39 Å². The van der Waals surface area contributed by atoms with Gasteiger partial charge in [0.1, 0.15) is 5.82 Å². The van der Waals surface area contributed by atoms with Crippen LogP contribution in [0.2, 0.25) is 0 Å². The van der Waals surface area contributed by atoms with Crippen LogP contribution in [0, 0.1) is 5.82 Å². The number of hydrogen-bond donors (Lipinski definition) is 0. The number of benzene rings is 1. The highest BCUT2D eigenvalue weighted by Crippen LogP contribution is 2.30. The van der Waals surface area contributed by atoms with E-state index in [-0.39, 0.29) is 11.2 Å². The predicted octanol–water partition coefficient (Wildman–Crippen LogP) is 5.17. The fourth-order valence-electron chi connectivity index (χ4n) is 1.47. The van der Waals surface area contributed by atoms with Crippen LogP contribution >= 0.6 is 38.9 Å². The molecule has 1 atom stereocenters. The van der Waals surface area contributed by atoms with E-state index in [1.165, 1.54) is 10.9 Å². The largest absolute Gasteiger partial charge is 0.207 e. The van der Waals surface area contributed by atoms with Crippen molar-refractivity contribution in [3.05, 3.63) is 56.4 Å². The van der Waals surface area contributed by atoms with Crippen molar-refractivity contribution in [1.82, 2.24) is 0 Å². The van der Waals surface area contributed by atoms with Gasteiger partial charge in [-0.1, -0.05) is 22.0 Å². The molecule has 1 aromatic heterocycles. The fourth-order valence-corrected chi connectivity index (χ4v) is 3.03. The first-order chi connectivity index (χ1) is 7.66. The molecular weight excluding hydrogens is 311 g/mol. The second-order valence-corrected chi connectivity index (χ2v) is 5.89. The van der Waals surface area contributed by atoms with Gasteiger partial charge in [-0.25, -0.2) is 4.39 Å². The molecule has 84 valence electrons. The Morgan fingerprint density at radius 2 is 2.19 bits per heavy atom. The molecular formula is C12H9BrClFS. The minimum absolute atomic E-state index is 0.250. The van der Waals surface area contributed by atoms with Gasteiger partial charge in [0.05, 0.1) is 5.38 Å². The van der Waals surface area contributed by atoms with Crippen LogP contribution in [0.3, 0.4) is 0 Å². The third-order valence-electron chi connectivity index (χ3n) is 2.26. The van der Waals surface area contributed by atoms with E-state index in [2.05, 4.69) is 15.9 Å². The summed E-state index contributed by atoms with van der Waals surface area (Å²) in [5, 5.41) is 1.67. The van der Waals surface area contributed by atoms with Crippen LogP contribution in [0.15, 0.2) is 40.2 Å². The maximum absolute atomic E-state index is 13.5. The van der Waals surface area contributed by atoms with Crippen molar-refractivity contribution in [1.29, 1.82) is 0 Å². The van der Waals surface area contributed by atoms with Gasteiger partial charge in [-0.15, -0.1) is 22.9 Å². The molecule has 0 radical (unpaired) electrons. The van der Waals surface area contributed by atoms with Gasteiger partial charge in [-0.3, -0.25) is 0 Å². The third-order valence-corrected chi connectivity index (χ3v) is 4.04. The highest BCUT2D eigenvalue weighted by Gasteiger charge is 2.14. The van der Waals surface area contributed by atoms with Gasteiger partial charge in [0, 0.05) is 21.3 Å². The van der Waals surface area contributed by atoms with Crippen molar-refractivity contribution in [3.63, 3.8) is 0 Å². The standard InChI is InChI=1S/C12H9BrClFS/c13-8-3-4-12(15)10(6-8)11(14)7-9-2-1-5-16-9/h1-6,11H,7H2. The molecule has 0 nitrogen and oxygen atoms in total. The topological polar surface area (TPSA) is 0 Å². The third kappa shape index (κ3) is 2.84. The highest BCUT2D eigenvalue weighted by atomic mass is 79.9. The zero-order chi connectivity index (χ0) is 11.5. The first-order valence-corrected chi connectivity index (χ1v) is 6.89. The Hall–Kier alpha value is -0.380. The minimum Gasteiger partial charge on any atom is -0.207 e. The Balaban J connectivity index is 2.20. The molecule has 0 aliphatic rings. The second kappa shape index (κ2) is 5.30. The Kier molecular flexibility index (Phi) is 4.00. The van der Waals surface area contributed by atoms with Crippen LogP contribution in [0.5, 0.6) is 0 Å². The Bertz CT molecular complexity index is 470. The van der Waals surface area contributed by atoms with E-state index >= 15 is 0 Å². The normalized spacial score (nSPS) is 12.7. The van der Waals surface area contributed by atoms with Crippen molar-refractivity contribution in [3.8, 4) is 0 Å². The number of halogens is 3. The van der Waals surface area contributed by atoms with Crippen LogP contribution < -0.4 is 0 Å². The lowest BCUT2D eigenvalue weighted by Crippen LogP contribution is -1.97. The molecule has 16 heavy (non-hydrogen) atoms. The monoisotopic (exact) mass is 318 g/mol. The fraction of sp³-hybridized carbons (Fsp3) is 0.167. The van der Waals surface area contributed by atoms with Gasteiger partial charge in [0.2, 0.25) is 0 Å². The van der Waals surface area contributed by atoms with E-state index in [9.17, 15) is 4.39 Å². The summed E-state index contributed by atoms with van der Waals surface area (Å²) in [6.45, 7) is 0. The van der Waals surface area contributed by atoms with Gasteiger partial charge in [0.15, 0.2) is 0 Å². The molecule has 2 rings (SSSR count). The molecule has 0 N–H and O–H groups in total. The van der Waals surface area contributed by atoms with E-state index < -0.39 is 0 Å². The molecule has 0 bridgehead atoms. The van der Waals surface area contributed by atoms with Crippen LogP contribution in [0.4, 0.5) is 4.39 Å². The van der Waals surface area contributed by atoms with E-state index in [1.807, 2.05) is 17.5 Å². The van der Waals surface area contributed by atoms with Crippen LogP contribution in [-0.2, 0) is 6.42 Å². The van der Waals surface area contributed by atoms with Crippen LogP contribution in [-0.4, -0.2) is 0 Å². The molecule has 4 heteroatoms. The zero-order valence-corrected chi connectivity index (χ0v) is 11.4. The summed E-state index contributed by atoms with van der Waals surface area (Å²) in [6.07, 6.45) is 0.659. The second-order valence-electron chi connectivity index (χ2n) is 3.42. The smallest absolute Gasteiger partial charge is 0.127 e. The molecule has 0 aliphatic heterocycles. The van der Waals surface area contributed by atoms with Crippen molar-refractivity contribution >= 4 is 38.9 Å². The molecule has 0 saturated heterocycles. The highest BCUT2D eigenvalue weighted by molar-refractivity contribution is 9.10. The first kappa shape index (κ1) is 12.1. The van der Waals surface area contributed by atoms with Crippen molar-refractivity contribution in [2.45, 2.75) is 11.8 Å². The first-order valence-electron chi connectivity index (χ1n) is 4.78. The summed E-state index contributed by atoms with van der Waals surface area (Å²) >= 11 is 11.2. The Morgan fingerprint density at radius 1 is 1.38 bits per heavy atom. The summed E-state index contributed by atoms with van der Waals surface area (Å²) in [7, 11) is 0. The van der Waals surface area contributed by atoms with Crippen LogP contribution in [0.25, 0.3) is 0 Å². The lowest BCUT2D eigenvalue weighted by atomic mass is 10.1. The molecule has 1 aromatic carbocycles. The number of alkyl halides is 1. The van der Waals surface area contributed by atoms with Gasteiger partial charge < -0.3 is 0 Å². The van der Waals surface area contributed by atoms with E-state index in [0.29, 0.717) is 12.0 Å². The maximum atomic E-state index is 13.5. The van der Waals surface area contributed by atoms with Gasteiger partial charge in [-0.05, 0) is 29.6 Å². The van der Waals surface area contributed by atoms with Crippen molar-refractivity contribution in [2.75, 3.05) is 0 Å². The predicted molar refractivity (Wildman–Crippen MR) is 70.7 cm³/mol. The molecule has 2 aromatic rings. The average molecular weight is 320 g/mol. The lowest BCUT2D eigenvalue weighted by molar-refractivity contribution is 0.606. The number of hydrogen-bond acceptors (Lipinski definition) is 1. The summed E-state index contributed by atoms with van der Waals surface area (Å²) in [5.74, 6) is -0.250. The summed E-state index contributed by atoms with van der Waals surface area (Å²) in [4.78, 5) is 1.17. The maximum Gasteiger partial charge on any atom is 0.127 e. The average Bonchev–Trinajstić information content (AvgIpc) is 2.74. The van der Waals surface area contributed by atoms with Gasteiger partial charge in [-0.2, -0.15) is 0 Å². The molecule has 1 heterocycles. The molecule has 1 unspecified atom stereocenters. The Morgan fingerprint density at radius 3 is 2.88 bits per heavy atom. The molecule has 0 spiro atoms. The molecule has 0 amide bonds. The summed E-state index contributed by atoms with van der Waals surface area (Å²) < 4.78 is 14.4. The molecule has 0 aliphatic carbocycles. The van der Waals surface area contributed by atoms with E-state index in [1.54, 1.807) is 23.5 Å². The van der Waals surface area contributed by atoms with E-state index in [0.717, 1.165) is 4.47 Å². The SMILES string of the molecule is Fc1ccc(Br)cc1C(Cl)Cc1cccs1. The molecule has 0 saturated carbocycles. The number of rotatable bonds is 3. The summed E-state index contributed by atoms with van der Waals surface area (Å²) in [5.41, 5.74) is 0.546. The lowest BCUT2D eigenvalue weighted by Gasteiger charge is -2.10. The quantitative estimate of drug-likeness (QED) is 0.684. The zero-order valence-electron chi connectivity index (χ0n) is 8.29. The van der Waals surface area contributed by atoms with Crippen LogP contribution in [0.1, 0.15) is 15.8 Å². The molecule has 0 fully saturated rings. The Labute approximate surface area is 111 Å².